The summed E-state index contributed by atoms with van der Waals surface area (Å²) < 4.78 is 18.5. The number of carbonyl (C=O) groups is 1. The highest BCUT2D eigenvalue weighted by Crippen LogP contribution is 2.38. The number of nitrogens with one attached hydrogen (secondary N) is 1. The van der Waals surface area contributed by atoms with Crippen LogP contribution in [0.4, 0.5) is 0 Å². The third-order valence-corrected chi connectivity index (χ3v) is 5.38. The first-order valence-electron chi connectivity index (χ1n) is 10.2. The standard InChI is InChI=1S/C24H24ClN3O4/c1-28-11-10-26-24(28)22(17-5-7-18(30-2)8-6-17)27-21(29)9-4-16-14-19(25)23-20(15-16)31-12-3-13-32-23/h4-11,14-15,22H,3,12-13H2,1-2H3,(H,27,29)/b9-4+. The normalized spacial score (nSPS) is 14.1. The molecule has 1 aliphatic rings. The van der Waals surface area contributed by atoms with E-state index in [1.54, 1.807) is 25.4 Å². The number of nitrogens with zero attached hydrogens (tertiary/aromatic N) is 2. The van der Waals surface area contributed by atoms with Crippen molar-refractivity contribution in [1.82, 2.24) is 14.9 Å². The van der Waals surface area contributed by atoms with Gasteiger partial charge in [0.2, 0.25) is 5.91 Å². The molecule has 1 amide bonds. The van der Waals surface area contributed by atoms with E-state index in [2.05, 4.69) is 10.3 Å². The summed E-state index contributed by atoms with van der Waals surface area (Å²) in [7, 11) is 3.50. The summed E-state index contributed by atoms with van der Waals surface area (Å²) in [4.78, 5) is 17.2. The molecule has 166 valence electrons. The molecule has 8 heteroatoms. The molecule has 0 spiro atoms. The van der Waals surface area contributed by atoms with Gasteiger partial charge in [-0.15, -0.1) is 0 Å². The second kappa shape index (κ2) is 9.78. The molecular weight excluding hydrogens is 430 g/mol. The monoisotopic (exact) mass is 453 g/mol. The van der Waals surface area contributed by atoms with Gasteiger partial charge in [0.25, 0.3) is 0 Å². The molecule has 1 atom stereocenters. The Hall–Kier alpha value is -3.45. The van der Waals surface area contributed by atoms with Crippen molar-refractivity contribution in [3.05, 3.63) is 76.8 Å². The zero-order chi connectivity index (χ0) is 22.5. The number of amides is 1. The molecule has 0 saturated heterocycles. The molecule has 4 rings (SSSR count). The number of fused-ring (bicyclic) bond motifs is 1. The fraction of sp³-hybridized carbons (Fsp3) is 0.250. The maximum Gasteiger partial charge on any atom is 0.244 e. The number of rotatable bonds is 6. The quantitative estimate of drug-likeness (QED) is 0.567. The second-order valence-corrected chi connectivity index (χ2v) is 7.73. The molecule has 0 radical (unpaired) electrons. The predicted octanol–water partition coefficient (Wildman–Crippen LogP) is 4.16. The third kappa shape index (κ3) is 4.89. The van der Waals surface area contributed by atoms with Crippen LogP contribution in [0.5, 0.6) is 17.2 Å². The van der Waals surface area contributed by atoms with Crippen LogP contribution in [0.1, 0.15) is 29.4 Å². The summed E-state index contributed by atoms with van der Waals surface area (Å²) in [5.74, 6) is 2.32. The average Bonchev–Trinajstić information content (AvgIpc) is 3.07. The van der Waals surface area contributed by atoms with Crippen molar-refractivity contribution in [3.8, 4) is 17.2 Å². The van der Waals surface area contributed by atoms with Gasteiger partial charge >= 0.3 is 0 Å². The Morgan fingerprint density at radius 2 is 2.03 bits per heavy atom. The first-order chi connectivity index (χ1) is 15.5. The van der Waals surface area contributed by atoms with Gasteiger partial charge in [0, 0.05) is 31.9 Å². The van der Waals surface area contributed by atoms with Gasteiger partial charge < -0.3 is 24.1 Å². The number of aryl methyl sites for hydroxylation is 1. The summed E-state index contributed by atoms with van der Waals surface area (Å²) >= 11 is 6.35. The van der Waals surface area contributed by atoms with Gasteiger partial charge in [-0.25, -0.2) is 4.98 Å². The highest BCUT2D eigenvalue weighted by molar-refractivity contribution is 6.32. The molecule has 1 unspecified atom stereocenters. The van der Waals surface area contributed by atoms with Crippen LogP contribution >= 0.6 is 11.6 Å². The molecule has 0 saturated carbocycles. The van der Waals surface area contributed by atoms with Gasteiger partial charge in [-0.1, -0.05) is 23.7 Å². The number of methoxy groups -OCH3 is 1. The van der Waals surface area contributed by atoms with E-state index in [1.165, 1.54) is 6.08 Å². The fourth-order valence-electron chi connectivity index (χ4n) is 3.46. The minimum Gasteiger partial charge on any atom is -0.497 e. The van der Waals surface area contributed by atoms with Crippen molar-refractivity contribution in [2.24, 2.45) is 7.05 Å². The molecule has 0 aliphatic carbocycles. The third-order valence-electron chi connectivity index (χ3n) is 5.10. The van der Waals surface area contributed by atoms with E-state index in [9.17, 15) is 4.79 Å². The number of halogens is 1. The van der Waals surface area contributed by atoms with Crippen LogP contribution < -0.4 is 19.5 Å². The van der Waals surface area contributed by atoms with E-state index in [4.69, 9.17) is 25.8 Å². The van der Waals surface area contributed by atoms with E-state index in [0.29, 0.717) is 29.7 Å². The summed E-state index contributed by atoms with van der Waals surface area (Å²) in [5.41, 5.74) is 1.63. The molecule has 2 aromatic carbocycles. The Labute approximate surface area is 191 Å². The Bertz CT molecular complexity index is 1120. The first-order valence-corrected chi connectivity index (χ1v) is 10.6. The Kier molecular flexibility index (Phi) is 6.66. The second-order valence-electron chi connectivity index (χ2n) is 7.32. The zero-order valence-electron chi connectivity index (χ0n) is 17.9. The maximum absolute atomic E-state index is 12.8. The van der Waals surface area contributed by atoms with Crippen LogP contribution in [0.25, 0.3) is 6.08 Å². The molecule has 3 aromatic rings. The Balaban J connectivity index is 1.55. The number of carbonyl (C=O) groups excluding carboxylic acids is 1. The van der Waals surface area contributed by atoms with Crippen molar-refractivity contribution >= 4 is 23.6 Å². The molecular formula is C24H24ClN3O4. The molecule has 0 fully saturated rings. The lowest BCUT2D eigenvalue weighted by Gasteiger charge is -2.18. The van der Waals surface area contributed by atoms with Crippen LogP contribution in [-0.2, 0) is 11.8 Å². The smallest absolute Gasteiger partial charge is 0.244 e. The fourth-order valence-corrected chi connectivity index (χ4v) is 3.73. The summed E-state index contributed by atoms with van der Waals surface area (Å²) in [5, 5.41) is 3.48. The van der Waals surface area contributed by atoms with Crippen molar-refractivity contribution in [3.63, 3.8) is 0 Å². The lowest BCUT2D eigenvalue weighted by atomic mass is 10.1. The van der Waals surface area contributed by atoms with Crippen LogP contribution in [0.3, 0.4) is 0 Å². The SMILES string of the molecule is COc1ccc(C(NC(=O)/C=C/c2cc(Cl)c3c(c2)OCCCO3)c2nccn2C)cc1. The van der Waals surface area contributed by atoms with Gasteiger partial charge in [0.15, 0.2) is 11.5 Å². The lowest BCUT2D eigenvalue weighted by molar-refractivity contribution is -0.117. The highest BCUT2D eigenvalue weighted by Gasteiger charge is 2.20. The number of benzene rings is 2. The van der Waals surface area contributed by atoms with Gasteiger partial charge in [0.1, 0.15) is 17.6 Å². The van der Waals surface area contributed by atoms with E-state index < -0.39 is 6.04 Å². The number of imidazole rings is 1. The van der Waals surface area contributed by atoms with Crippen molar-refractivity contribution in [2.45, 2.75) is 12.5 Å². The van der Waals surface area contributed by atoms with Gasteiger partial charge in [-0.05, 0) is 41.5 Å². The molecule has 2 heterocycles. The molecule has 1 aromatic heterocycles. The largest absolute Gasteiger partial charge is 0.497 e. The minimum atomic E-state index is -0.426. The Morgan fingerprint density at radius 1 is 1.25 bits per heavy atom. The predicted molar refractivity (Wildman–Crippen MR) is 122 cm³/mol. The first kappa shape index (κ1) is 21.8. The summed E-state index contributed by atoms with van der Waals surface area (Å²) in [6.07, 6.45) is 7.49. The van der Waals surface area contributed by atoms with Crippen LogP contribution in [-0.4, -0.2) is 35.8 Å². The van der Waals surface area contributed by atoms with Gasteiger partial charge in [-0.2, -0.15) is 0 Å². The van der Waals surface area contributed by atoms with Gasteiger partial charge in [-0.3, -0.25) is 4.79 Å². The molecule has 7 nitrogen and oxygen atoms in total. The molecule has 1 N–H and O–H groups in total. The Morgan fingerprint density at radius 3 is 2.75 bits per heavy atom. The molecule has 0 bridgehead atoms. The average molecular weight is 454 g/mol. The van der Waals surface area contributed by atoms with E-state index in [1.807, 2.05) is 48.1 Å². The number of ether oxygens (including phenoxy) is 3. The number of hydrogen-bond donors (Lipinski definition) is 1. The van der Waals surface area contributed by atoms with Crippen molar-refractivity contribution < 1.29 is 19.0 Å². The minimum absolute atomic E-state index is 0.267. The highest BCUT2D eigenvalue weighted by atomic mass is 35.5. The molecule has 1 aliphatic heterocycles. The van der Waals surface area contributed by atoms with Gasteiger partial charge in [0.05, 0.1) is 25.3 Å². The van der Waals surface area contributed by atoms with Crippen LogP contribution in [0.15, 0.2) is 54.9 Å². The van der Waals surface area contributed by atoms with E-state index >= 15 is 0 Å². The zero-order valence-corrected chi connectivity index (χ0v) is 18.6. The van der Waals surface area contributed by atoms with Crippen LogP contribution in [0.2, 0.25) is 5.02 Å². The maximum atomic E-state index is 12.8. The van der Waals surface area contributed by atoms with Crippen molar-refractivity contribution in [2.75, 3.05) is 20.3 Å². The number of hydrogen-bond acceptors (Lipinski definition) is 5. The van der Waals surface area contributed by atoms with Crippen molar-refractivity contribution in [1.29, 1.82) is 0 Å². The van der Waals surface area contributed by atoms with E-state index in [-0.39, 0.29) is 5.91 Å². The molecule has 32 heavy (non-hydrogen) atoms. The lowest BCUT2D eigenvalue weighted by Crippen LogP contribution is -2.29. The summed E-state index contributed by atoms with van der Waals surface area (Å²) in [6, 6.07) is 10.7. The van der Waals surface area contributed by atoms with E-state index in [0.717, 1.165) is 29.1 Å². The summed E-state index contributed by atoms with van der Waals surface area (Å²) in [6.45, 7) is 1.12. The topological polar surface area (TPSA) is 74.6 Å². The van der Waals surface area contributed by atoms with Crippen LogP contribution in [0, 0.1) is 0 Å². The number of aromatic nitrogens is 2.